The lowest BCUT2D eigenvalue weighted by molar-refractivity contribution is -0.113. The van der Waals surface area contributed by atoms with Gasteiger partial charge in [-0.05, 0) is 71.9 Å². The van der Waals surface area contributed by atoms with Crippen molar-refractivity contribution in [2.24, 2.45) is 0 Å². The van der Waals surface area contributed by atoms with Gasteiger partial charge in [-0.2, -0.15) is 0 Å². The van der Waals surface area contributed by atoms with E-state index < -0.39 is 0 Å². The Bertz CT molecular complexity index is 1250. The molecule has 1 aliphatic rings. The second-order valence-electron chi connectivity index (χ2n) is 9.10. The topological polar surface area (TPSA) is 72.5 Å². The van der Waals surface area contributed by atoms with E-state index in [1.54, 1.807) is 42.7 Å². The number of allylic oxidation sites excluding steroid dienone is 2. The van der Waals surface area contributed by atoms with Crippen LogP contribution in [0, 0.1) is 0 Å². The third-order valence-electron chi connectivity index (χ3n) is 6.84. The van der Waals surface area contributed by atoms with Gasteiger partial charge in [-0.15, -0.1) is 0 Å². The molecule has 0 bridgehead atoms. The summed E-state index contributed by atoms with van der Waals surface area (Å²) in [6, 6.07) is 17.6. The summed E-state index contributed by atoms with van der Waals surface area (Å²) in [6.45, 7) is 0. The highest BCUT2D eigenvalue weighted by Crippen LogP contribution is 2.43. The number of methoxy groups -OCH3 is 6. The molecule has 1 saturated carbocycles. The maximum Gasteiger partial charge on any atom is 0.203 e. The predicted molar refractivity (Wildman–Crippen MR) is 152 cm³/mol. The summed E-state index contributed by atoms with van der Waals surface area (Å²) in [6.07, 6.45) is 5.02. The van der Waals surface area contributed by atoms with Crippen molar-refractivity contribution < 1.29 is 33.2 Å². The molecule has 3 aromatic carbocycles. The smallest absolute Gasteiger partial charge is 0.203 e. The van der Waals surface area contributed by atoms with Crippen molar-refractivity contribution in [3.05, 3.63) is 82.4 Å². The zero-order valence-corrected chi connectivity index (χ0v) is 23.2. The van der Waals surface area contributed by atoms with E-state index in [1.807, 2.05) is 54.6 Å². The Morgan fingerprint density at radius 2 is 0.974 bits per heavy atom. The molecule has 0 radical (unpaired) electrons. The molecule has 204 valence electrons. The maximum atomic E-state index is 13.9. The molecule has 4 rings (SSSR count). The van der Waals surface area contributed by atoms with Crippen molar-refractivity contribution >= 4 is 17.9 Å². The van der Waals surface area contributed by atoms with Gasteiger partial charge < -0.3 is 28.4 Å². The Morgan fingerprint density at radius 3 is 1.31 bits per heavy atom. The van der Waals surface area contributed by atoms with Crippen molar-refractivity contribution in [3.63, 3.8) is 0 Å². The average Bonchev–Trinajstić information content (AvgIpc) is 2.98. The summed E-state index contributed by atoms with van der Waals surface area (Å²) in [4.78, 5) is 13.9. The molecule has 7 nitrogen and oxygen atoms in total. The van der Waals surface area contributed by atoms with Crippen molar-refractivity contribution in [2.45, 2.75) is 18.8 Å². The fourth-order valence-corrected chi connectivity index (χ4v) is 4.98. The second-order valence-corrected chi connectivity index (χ2v) is 9.10. The molecule has 1 fully saturated rings. The van der Waals surface area contributed by atoms with Crippen molar-refractivity contribution in [1.82, 2.24) is 0 Å². The zero-order valence-electron chi connectivity index (χ0n) is 23.2. The quantitative estimate of drug-likeness (QED) is 0.299. The first kappa shape index (κ1) is 27.6. The van der Waals surface area contributed by atoms with Crippen LogP contribution in [0.15, 0.2) is 65.7 Å². The third-order valence-corrected chi connectivity index (χ3v) is 6.84. The van der Waals surface area contributed by atoms with Crippen LogP contribution in [0.3, 0.4) is 0 Å². The molecule has 7 heteroatoms. The lowest BCUT2D eigenvalue weighted by atomic mass is 9.76. The van der Waals surface area contributed by atoms with E-state index in [9.17, 15) is 4.79 Å². The van der Waals surface area contributed by atoms with Crippen LogP contribution >= 0.6 is 0 Å². The highest BCUT2D eigenvalue weighted by Gasteiger charge is 2.29. The summed E-state index contributed by atoms with van der Waals surface area (Å²) in [7, 11) is 9.42. The minimum atomic E-state index is -0.00955. The van der Waals surface area contributed by atoms with E-state index in [0.29, 0.717) is 58.5 Å². The number of carbonyl (C=O) groups excluding carboxylic acids is 1. The van der Waals surface area contributed by atoms with Gasteiger partial charge in [-0.1, -0.05) is 30.3 Å². The molecule has 3 aromatic rings. The number of benzene rings is 3. The van der Waals surface area contributed by atoms with Gasteiger partial charge in [-0.3, -0.25) is 4.79 Å². The molecule has 1 aliphatic carbocycles. The van der Waals surface area contributed by atoms with Gasteiger partial charge in [0.05, 0.1) is 42.7 Å². The number of ether oxygens (including phenoxy) is 6. The Kier molecular flexibility index (Phi) is 8.81. The molecule has 1 atom stereocenters. The normalized spacial score (nSPS) is 17.2. The van der Waals surface area contributed by atoms with Gasteiger partial charge >= 0.3 is 0 Å². The third kappa shape index (κ3) is 5.87. The fraction of sp³-hybridized carbons (Fsp3) is 0.281. The monoisotopic (exact) mass is 530 g/mol. The van der Waals surface area contributed by atoms with Crippen LogP contribution in [-0.2, 0) is 4.79 Å². The van der Waals surface area contributed by atoms with E-state index in [2.05, 4.69) is 12.1 Å². The molecule has 1 unspecified atom stereocenters. The van der Waals surface area contributed by atoms with Crippen LogP contribution in [0.1, 0.15) is 35.4 Å². The second kappa shape index (κ2) is 12.4. The molecule has 0 aliphatic heterocycles. The molecule has 0 amide bonds. The van der Waals surface area contributed by atoms with Crippen LogP contribution in [0.5, 0.6) is 34.5 Å². The number of rotatable bonds is 9. The van der Waals surface area contributed by atoms with Gasteiger partial charge in [0.1, 0.15) is 0 Å². The largest absolute Gasteiger partial charge is 0.493 e. The SMILES string of the molecule is COc1cc(/C=C2/CC(c3ccccc3)C/C(=C\c3cc(OC)c(OC)c(OC)c3)C2=O)cc(OC)c1OC. The van der Waals surface area contributed by atoms with Crippen LogP contribution < -0.4 is 28.4 Å². The minimum Gasteiger partial charge on any atom is -0.493 e. The minimum absolute atomic E-state index is 0.00955. The predicted octanol–water partition coefficient (Wildman–Crippen LogP) is 6.35. The van der Waals surface area contributed by atoms with E-state index in [4.69, 9.17) is 28.4 Å². The Balaban J connectivity index is 1.82. The van der Waals surface area contributed by atoms with Crippen LogP contribution in [0.4, 0.5) is 0 Å². The molecule has 0 N–H and O–H groups in total. The summed E-state index contributed by atoms with van der Waals surface area (Å²) in [5.74, 6) is 3.23. The number of Topliss-reactive ketones (excluding diaryl/α,β-unsaturated/α-hetero) is 1. The maximum absolute atomic E-state index is 13.9. The summed E-state index contributed by atoms with van der Waals surface area (Å²) < 4.78 is 33.0. The van der Waals surface area contributed by atoms with E-state index in [-0.39, 0.29) is 11.7 Å². The highest BCUT2D eigenvalue weighted by molar-refractivity contribution is 6.14. The number of hydrogen-bond acceptors (Lipinski definition) is 7. The number of carbonyl (C=O) groups is 1. The van der Waals surface area contributed by atoms with Crippen molar-refractivity contribution in [1.29, 1.82) is 0 Å². The van der Waals surface area contributed by atoms with Crippen LogP contribution in [-0.4, -0.2) is 48.4 Å². The Labute approximate surface area is 229 Å². The van der Waals surface area contributed by atoms with Gasteiger partial charge in [0, 0.05) is 11.1 Å². The number of ketones is 1. The van der Waals surface area contributed by atoms with Gasteiger partial charge in [0.2, 0.25) is 11.5 Å². The van der Waals surface area contributed by atoms with Crippen LogP contribution in [0.2, 0.25) is 0 Å². The molecule has 0 aromatic heterocycles. The Morgan fingerprint density at radius 1 is 0.590 bits per heavy atom. The molecular weight excluding hydrogens is 496 g/mol. The fourth-order valence-electron chi connectivity index (χ4n) is 4.98. The highest BCUT2D eigenvalue weighted by atomic mass is 16.5. The molecule has 0 spiro atoms. The van der Waals surface area contributed by atoms with Gasteiger partial charge in [0.25, 0.3) is 0 Å². The summed E-state index contributed by atoms with van der Waals surface area (Å²) >= 11 is 0. The van der Waals surface area contributed by atoms with Crippen molar-refractivity contribution in [2.75, 3.05) is 42.7 Å². The molecular formula is C32H34O7. The first-order chi connectivity index (χ1) is 19.0. The standard InChI is InChI=1S/C32H34O7/c1-34-26-14-20(15-27(35-2)31(26)38-5)12-24-18-23(22-10-8-7-9-11-22)19-25(30(24)33)13-21-16-28(36-3)32(39-6)29(17-21)37-4/h7-17,23H,18-19H2,1-6H3/b24-12-,25-13+. The average molecular weight is 531 g/mol. The lowest BCUT2D eigenvalue weighted by Gasteiger charge is -2.26. The van der Waals surface area contributed by atoms with E-state index in [0.717, 1.165) is 11.1 Å². The first-order valence-corrected chi connectivity index (χ1v) is 12.6. The van der Waals surface area contributed by atoms with Gasteiger partial charge in [0.15, 0.2) is 28.8 Å². The Hall–Kier alpha value is -4.39. The summed E-state index contributed by atoms with van der Waals surface area (Å²) in [5.41, 5.74) is 4.14. The van der Waals surface area contributed by atoms with E-state index in [1.165, 1.54) is 5.56 Å². The lowest BCUT2D eigenvalue weighted by Crippen LogP contribution is -2.19. The molecule has 39 heavy (non-hydrogen) atoms. The molecule has 0 heterocycles. The number of hydrogen-bond donors (Lipinski definition) is 0. The summed E-state index contributed by atoms with van der Waals surface area (Å²) in [5, 5.41) is 0. The van der Waals surface area contributed by atoms with Gasteiger partial charge in [-0.25, -0.2) is 0 Å². The molecule has 0 saturated heterocycles. The van der Waals surface area contributed by atoms with Crippen LogP contribution in [0.25, 0.3) is 12.2 Å². The van der Waals surface area contributed by atoms with E-state index >= 15 is 0 Å². The van der Waals surface area contributed by atoms with Crippen molar-refractivity contribution in [3.8, 4) is 34.5 Å². The zero-order chi connectivity index (χ0) is 27.9. The first-order valence-electron chi connectivity index (χ1n) is 12.6.